The van der Waals surface area contributed by atoms with E-state index in [9.17, 15) is 5.11 Å². The second kappa shape index (κ2) is 5.52. The van der Waals surface area contributed by atoms with Gasteiger partial charge in [-0.2, -0.15) is 0 Å². The molecule has 0 bridgehead atoms. The minimum Gasteiger partial charge on any atom is -0.497 e. The first-order chi connectivity index (χ1) is 11.3. The highest BCUT2D eigenvalue weighted by atomic mass is 16.7. The standard InChI is InChI=1S/C18H17NO4/c1-21-13-4-2-11(3-5-13)18(20)17-14-9-16-15(22-10-23-16)8-12(14)6-7-19-17/h2-9,17-20H,10H2,1H3/t17-,18-/m0/s1. The van der Waals surface area contributed by atoms with Crippen LogP contribution in [0, 0.1) is 0 Å². The van der Waals surface area contributed by atoms with Gasteiger partial charge in [0.2, 0.25) is 6.79 Å². The Balaban J connectivity index is 1.68. The lowest BCUT2D eigenvalue weighted by Crippen LogP contribution is -2.26. The molecule has 2 aliphatic rings. The van der Waals surface area contributed by atoms with Crippen LogP contribution < -0.4 is 19.5 Å². The average Bonchev–Trinajstić information content (AvgIpc) is 3.06. The second-order valence-electron chi connectivity index (χ2n) is 5.53. The van der Waals surface area contributed by atoms with Crippen LogP contribution in [0.1, 0.15) is 28.8 Å². The number of hydrogen-bond acceptors (Lipinski definition) is 5. The molecule has 0 spiro atoms. The number of aliphatic hydroxyl groups is 1. The summed E-state index contributed by atoms with van der Waals surface area (Å²) in [5.41, 5.74) is 2.83. The number of nitrogens with one attached hydrogen (secondary N) is 1. The molecule has 4 rings (SSSR count). The summed E-state index contributed by atoms with van der Waals surface area (Å²) < 4.78 is 16.0. The molecule has 2 N–H and O–H groups in total. The molecular weight excluding hydrogens is 294 g/mol. The molecule has 0 unspecified atom stereocenters. The van der Waals surface area contributed by atoms with Crippen molar-refractivity contribution < 1.29 is 19.3 Å². The number of fused-ring (bicyclic) bond motifs is 2. The van der Waals surface area contributed by atoms with Crippen LogP contribution in [-0.2, 0) is 0 Å². The van der Waals surface area contributed by atoms with E-state index in [2.05, 4.69) is 5.32 Å². The molecule has 0 saturated carbocycles. The van der Waals surface area contributed by atoms with Crippen molar-refractivity contribution in [2.24, 2.45) is 0 Å². The zero-order valence-corrected chi connectivity index (χ0v) is 12.7. The van der Waals surface area contributed by atoms with E-state index in [-0.39, 0.29) is 12.8 Å². The fraction of sp³-hybridized carbons (Fsp3) is 0.222. The van der Waals surface area contributed by atoms with Crippen molar-refractivity contribution in [3.8, 4) is 17.2 Å². The largest absolute Gasteiger partial charge is 0.497 e. The highest BCUT2D eigenvalue weighted by Crippen LogP contribution is 2.41. The first-order valence-corrected chi connectivity index (χ1v) is 7.44. The van der Waals surface area contributed by atoms with Crippen LogP contribution in [0.5, 0.6) is 17.2 Å². The predicted molar refractivity (Wildman–Crippen MR) is 85.4 cm³/mol. The molecule has 2 aliphatic heterocycles. The molecule has 0 saturated heterocycles. The Morgan fingerprint density at radius 2 is 1.91 bits per heavy atom. The molecule has 5 nitrogen and oxygen atoms in total. The molecule has 0 fully saturated rings. The van der Waals surface area contributed by atoms with Gasteiger partial charge in [-0.25, -0.2) is 0 Å². The number of benzene rings is 2. The Morgan fingerprint density at radius 3 is 2.65 bits per heavy atom. The molecule has 2 heterocycles. The Kier molecular flexibility index (Phi) is 3.35. The van der Waals surface area contributed by atoms with E-state index in [1.54, 1.807) is 7.11 Å². The van der Waals surface area contributed by atoms with Crippen molar-refractivity contribution in [2.75, 3.05) is 13.9 Å². The van der Waals surface area contributed by atoms with E-state index in [1.165, 1.54) is 0 Å². The second-order valence-corrected chi connectivity index (χ2v) is 5.53. The van der Waals surface area contributed by atoms with Crippen LogP contribution in [0.2, 0.25) is 0 Å². The number of methoxy groups -OCH3 is 1. The minimum atomic E-state index is -0.690. The van der Waals surface area contributed by atoms with Gasteiger partial charge in [-0.05, 0) is 53.2 Å². The zero-order chi connectivity index (χ0) is 15.8. The van der Waals surface area contributed by atoms with Gasteiger partial charge >= 0.3 is 0 Å². The van der Waals surface area contributed by atoms with E-state index in [0.717, 1.165) is 28.2 Å². The third-order valence-corrected chi connectivity index (χ3v) is 4.23. The molecule has 0 radical (unpaired) electrons. The maximum atomic E-state index is 10.8. The normalized spacial score (nSPS) is 19.0. The lowest BCUT2D eigenvalue weighted by molar-refractivity contribution is 0.134. The molecule has 0 aromatic heterocycles. The van der Waals surface area contributed by atoms with Gasteiger partial charge in [-0.15, -0.1) is 0 Å². The highest BCUT2D eigenvalue weighted by molar-refractivity contribution is 5.63. The molecular formula is C18H17NO4. The summed E-state index contributed by atoms with van der Waals surface area (Å²) in [5, 5.41) is 14.0. The van der Waals surface area contributed by atoms with Crippen LogP contribution in [0.4, 0.5) is 0 Å². The van der Waals surface area contributed by atoms with Crippen LogP contribution in [-0.4, -0.2) is 19.0 Å². The van der Waals surface area contributed by atoms with Gasteiger partial charge < -0.3 is 24.6 Å². The van der Waals surface area contributed by atoms with Crippen molar-refractivity contribution in [1.29, 1.82) is 0 Å². The molecule has 0 amide bonds. The van der Waals surface area contributed by atoms with Gasteiger partial charge in [0, 0.05) is 0 Å². The molecule has 0 aliphatic carbocycles. The van der Waals surface area contributed by atoms with E-state index >= 15 is 0 Å². The first kappa shape index (κ1) is 14.0. The van der Waals surface area contributed by atoms with E-state index in [4.69, 9.17) is 14.2 Å². The van der Waals surface area contributed by atoms with Gasteiger partial charge in [0.05, 0.1) is 13.2 Å². The molecule has 23 heavy (non-hydrogen) atoms. The Morgan fingerprint density at radius 1 is 1.17 bits per heavy atom. The average molecular weight is 311 g/mol. The molecule has 5 heteroatoms. The summed E-state index contributed by atoms with van der Waals surface area (Å²) in [7, 11) is 1.62. The van der Waals surface area contributed by atoms with Gasteiger partial charge in [0.1, 0.15) is 11.9 Å². The monoisotopic (exact) mass is 311 g/mol. The van der Waals surface area contributed by atoms with Crippen molar-refractivity contribution in [3.63, 3.8) is 0 Å². The van der Waals surface area contributed by atoms with Crippen LogP contribution >= 0.6 is 0 Å². The van der Waals surface area contributed by atoms with Crippen molar-refractivity contribution in [3.05, 3.63) is 59.3 Å². The summed E-state index contributed by atoms with van der Waals surface area (Å²) in [6, 6.07) is 11.1. The SMILES string of the molecule is COc1ccc([C@H](O)[C@H]2NC=Cc3cc4c(cc32)OCO4)cc1. The van der Waals surface area contributed by atoms with E-state index in [0.29, 0.717) is 5.75 Å². The third kappa shape index (κ3) is 2.39. The summed E-state index contributed by atoms with van der Waals surface area (Å²) in [6.07, 6.45) is 3.13. The number of ether oxygens (including phenoxy) is 3. The number of rotatable bonds is 3. The zero-order valence-electron chi connectivity index (χ0n) is 12.7. The van der Waals surface area contributed by atoms with Crippen LogP contribution in [0.25, 0.3) is 6.08 Å². The summed E-state index contributed by atoms with van der Waals surface area (Å²) in [5.74, 6) is 2.22. The smallest absolute Gasteiger partial charge is 0.231 e. The summed E-state index contributed by atoms with van der Waals surface area (Å²) >= 11 is 0. The van der Waals surface area contributed by atoms with Crippen molar-refractivity contribution >= 4 is 6.08 Å². The minimum absolute atomic E-state index is 0.237. The van der Waals surface area contributed by atoms with Crippen LogP contribution in [0.15, 0.2) is 42.6 Å². The molecule has 2 aromatic carbocycles. The maximum absolute atomic E-state index is 10.8. The topological polar surface area (TPSA) is 60.0 Å². The fourth-order valence-corrected chi connectivity index (χ4v) is 2.97. The number of aliphatic hydroxyl groups excluding tert-OH is 1. The Labute approximate surface area is 134 Å². The quantitative estimate of drug-likeness (QED) is 0.913. The van der Waals surface area contributed by atoms with Crippen molar-refractivity contribution in [1.82, 2.24) is 5.32 Å². The maximum Gasteiger partial charge on any atom is 0.231 e. The fourth-order valence-electron chi connectivity index (χ4n) is 2.97. The Hall–Kier alpha value is -2.66. The van der Waals surface area contributed by atoms with Gasteiger partial charge in [-0.1, -0.05) is 12.1 Å². The molecule has 2 atom stereocenters. The van der Waals surface area contributed by atoms with Gasteiger partial charge in [0.25, 0.3) is 0 Å². The Bertz CT molecular complexity index is 754. The lowest BCUT2D eigenvalue weighted by Gasteiger charge is -2.28. The molecule has 2 aromatic rings. The summed E-state index contributed by atoms with van der Waals surface area (Å²) in [6.45, 7) is 0.237. The molecule has 118 valence electrons. The van der Waals surface area contributed by atoms with Crippen LogP contribution in [0.3, 0.4) is 0 Å². The van der Waals surface area contributed by atoms with Gasteiger partial charge in [0.15, 0.2) is 11.5 Å². The predicted octanol–water partition coefficient (Wildman–Crippen LogP) is 2.77. The lowest BCUT2D eigenvalue weighted by atomic mass is 9.90. The summed E-state index contributed by atoms with van der Waals surface area (Å²) in [4.78, 5) is 0. The van der Waals surface area contributed by atoms with E-state index < -0.39 is 6.10 Å². The third-order valence-electron chi connectivity index (χ3n) is 4.23. The van der Waals surface area contributed by atoms with Gasteiger partial charge in [-0.3, -0.25) is 0 Å². The number of hydrogen-bond donors (Lipinski definition) is 2. The first-order valence-electron chi connectivity index (χ1n) is 7.44. The van der Waals surface area contributed by atoms with Crippen molar-refractivity contribution in [2.45, 2.75) is 12.1 Å². The van der Waals surface area contributed by atoms with E-state index in [1.807, 2.05) is 48.7 Å². The highest BCUT2D eigenvalue weighted by Gasteiger charge is 2.28.